The third-order valence-electron chi connectivity index (χ3n) is 6.59. The quantitative estimate of drug-likeness (QED) is 0.333. The highest BCUT2D eigenvalue weighted by atomic mass is 32.2. The fourth-order valence-electron chi connectivity index (χ4n) is 4.98. The number of ketones is 1. The molecule has 1 aromatic heterocycles. The summed E-state index contributed by atoms with van der Waals surface area (Å²) in [5.74, 6) is 2.46. The molecule has 1 aliphatic heterocycles. The molecule has 1 aliphatic carbocycles. The Bertz CT molecular complexity index is 1440. The fraction of sp³-hybridized carbons (Fsp3) is 0.250. The fourth-order valence-corrected chi connectivity index (χ4v) is 5.81. The number of carbonyl (C=O) groups is 1. The molecule has 6 rings (SSSR count). The molecule has 35 heavy (non-hydrogen) atoms. The Balaban J connectivity index is 1.34. The highest BCUT2D eigenvalue weighted by Gasteiger charge is 2.36. The van der Waals surface area contributed by atoms with E-state index in [1.54, 1.807) is 11.8 Å². The van der Waals surface area contributed by atoms with E-state index in [9.17, 15) is 4.79 Å². The summed E-state index contributed by atoms with van der Waals surface area (Å²) in [6, 6.07) is 22.5. The van der Waals surface area contributed by atoms with Crippen LogP contribution in [0.15, 0.2) is 83.2 Å². The monoisotopic (exact) mass is 482 g/mol. The Morgan fingerprint density at radius 3 is 2.74 bits per heavy atom. The molecule has 0 fully saturated rings. The second kappa shape index (κ2) is 9.23. The molecule has 1 N–H and O–H groups in total. The normalized spacial score (nSPS) is 17.2. The summed E-state index contributed by atoms with van der Waals surface area (Å²) in [5.41, 5.74) is 4.05. The van der Waals surface area contributed by atoms with Gasteiger partial charge < -0.3 is 10.1 Å². The van der Waals surface area contributed by atoms with Crippen LogP contribution in [0.1, 0.15) is 43.4 Å². The van der Waals surface area contributed by atoms with E-state index < -0.39 is 0 Å². The molecule has 3 aromatic carbocycles. The van der Waals surface area contributed by atoms with Gasteiger partial charge in [0.15, 0.2) is 5.78 Å². The zero-order valence-electron chi connectivity index (χ0n) is 19.5. The highest BCUT2D eigenvalue weighted by molar-refractivity contribution is 7.98. The van der Waals surface area contributed by atoms with Gasteiger partial charge in [0.1, 0.15) is 11.8 Å². The second-order valence-electron chi connectivity index (χ2n) is 8.79. The van der Waals surface area contributed by atoms with Crippen LogP contribution in [0.4, 0.5) is 5.95 Å². The van der Waals surface area contributed by atoms with Crippen LogP contribution in [0.25, 0.3) is 10.8 Å². The van der Waals surface area contributed by atoms with Crippen molar-refractivity contribution in [2.24, 2.45) is 0 Å². The van der Waals surface area contributed by atoms with Gasteiger partial charge in [0.25, 0.3) is 0 Å². The minimum Gasteiger partial charge on any atom is -0.494 e. The van der Waals surface area contributed by atoms with Crippen LogP contribution < -0.4 is 10.1 Å². The minimum atomic E-state index is -0.288. The summed E-state index contributed by atoms with van der Waals surface area (Å²) in [5, 5.41) is 11.5. The van der Waals surface area contributed by atoms with Crippen molar-refractivity contribution in [3.05, 3.63) is 89.1 Å². The van der Waals surface area contributed by atoms with Crippen molar-refractivity contribution in [2.75, 3.05) is 11.9 Å². The van der Waals surface area contributed by atoms with Crippen molar-refractivity contribution in [2.45, 2.75) is 43.1 Å². The Kier molecular flexibility index (Phi) is 5.78. The number of allylic oxidation sites excluding steroid dienone is 2. The van der Waals surface area contributed by atoms with Crippen molar-refractivity contribution >= 4 is 34.3 Å². The van der Waals surface area contributed by atoms with Crippen molar-refractivity contribution in [1.29, 1.82) is 0 Å². The molecule has 0 radical (unpaired) electrons. The molecule has 176 valence electrons. The lowest BCUT2D eigenvalue weighted by molar-refractivity contribution is -0.116. The zero-order chi connectivity index (χ0) is 23.8. The van der Waals surface area contributed by atoms with E-state index in [1.807, 2.05) is 35.9 Å². The minimum absolute atomic E-state index is 0.184. The first-order valence-electron chi connectivity index (χ1n) is 12.0. The number of hydrogen-bond acceptors (Lipinski definition) is 6. The van der Waals surface area contributed by atoms with Gasteiger partial charge in [-0.05, 0) is 53.8 Å². The van der Waals surface area contributed by atoms with E-state index in [2.05, 4.69) is 47.8 Å². The van der Waals surface area contributed by atoms with E-state index in [1.165, 1.54) is 16.3 Å². The first-order chi connectivity index (χ1) is 17.2. The van der Waals surface area contributed by atoms with Crippen LogP contribution in [0.5, 0.6) is 5.75 Å². The number of aromatic nitrogens is 3. The van der Waals surface area contributed by atoms with E-state index in [0.717, 1.165) is 41.2 Å². The van der Waals surface area contributed by atoms with Gasteiger partial charge in [-0.1, -0.05) is 66.4 Å². The van der Waals surface area contributed by atoms with Gasteiger partial charge in [0.05, 0.1) is 6.61 Å². The third-order valence-corrected chi connectivity index (χ3v) is 7.48. The Labute approximate surface area is 208 Å². The van der Waals surface area contributed by atoms with Gasteiger partial charge in [-0.25, -0.2) is 4.68 Å². The van der Waals surface area contributed by atoms with Crippen LogP contribution in [0.2, 0.25) is 0 Å². The number of rotatable bonds is 6. The van der Waals surface area contributed by atoms with Gasteiger partial charge in [-0.2, -0.15) is 4.98 Å². The predicted octanol–water partition coefficient (Wildman–Crippen LogP) is 6.14. The Morgan fingerprint density at radius 1 is 1.06 bits per heavy atom. The van der Waals surface area contributed by atoms with E-state index in [4.69, 9.17) is 14.8 Å². The van der Waals surface area contributed by atoms with Gasteiger partial charge in [-0.15, -0.1) is 5.10 Å². The zero-order valence-corrected chi connectivity index (χ0v) is 20.3. The molecule has 7 heteroatoms. The molecule has 0 saturated carbocycles. The number of carbonyl (C=O) groups excluding carboxylic acids is 1. The lowest BCUT2D eigenvalue weighted by Gasteiger charge is -2.32. The molecule has 1 unspecified atom stereocenters. The van der Waals surface area contributed by atoms with Crippen molar-refractivity contribution in [3.63, 3.8) is 0 Å². The van der Waals surface area contributed by atoms with E-state index in [-0.39, 0.29) is 11.8 Å². The van der Waals surface area contributed by atoms with Crippen LogP contribution in [-0.2, 0) is 10.5 Å². The molecule has 0 saturated heterocycles. The first kappa shape index (κ1) is 21.9. The smallest absolute Gasteiger partial charge is 0.227 e. The Morgan fingerprint density at radius 2 is 1.89 bits per heavy atom. The topological polar surface area (TPSA) is 69.0 Å². The van der Waals surface area contributed by atoms with Crippen molar-refractivity contribution in [3.8, 4) is 5.75 Å². The summed E-state index contributed by atoms with van der Waals surface area (Å²) in [6.45, 7) is 2.59. The molecule has 2 aliphatic rings. The summed E-state index contributed by atoms with van der Waals surface area (Å²) in [7, 11) is 0. The molecular weight excluding hydrogens is 456 g/mol. The maximum absolute atomic E-state index is 13.0. The van der Waals surface area contributed by atoms with Crippen LogP contribution >= 0.6 is 11.8 Å². The van der Waals surface area contributed by atoms with Crippen LogP contribution in [0.3, 0.4) is 0 Å². The van der Waals surface area contributed by atoms with Crippen LogP contribution in [0, 0.1) is 0 Å². The average Bonchev–Trinajstić information content (AvgIpc) is 3.29. The number of Topliss-reactive ketones (excluding diaryl/α,β-unsaturated/α-hetero) is 1. The van der Waals surface area contributed by atoms with Gasteiger partial charge >= 0.3 is 0 Å². The molecule has 4 aromatic rings. The number of anilines is 1. The van der Waals surface area contributed by atoms with E-state index in [0.29, 0.717) is 24.1 Å². The number of thioether (sulfide) groups is 1. The summed E-state index contributed by atoms with van der Waals surface area (Å²) in [6.07, 6.45) is 2.28. The lowest BCUT2D eigenvalue weighted by Crippen LogP contribution is -2.31. The molecule has 0 bridgehead atoms. The van der Waals surface area contributed by atoms with Gasteiger partial charge in [0.2, 0.25) is 11.1 Å². The molecule has 2 heterocycles. The third kappa shape index (κ3) is 4.10. The number of hydrogen-bond donors (Lipinski definition) is 1. The van der Waals surface area contributed by atoms with Crippen LogP contribution in [-0.4, -0.2) is 27.2 Å². The molecule has 6 nitrogen and oxygen atoms in total. The molecule has 1 atom stereocenters. The predicted molar refractivity (Wildman–Crippen MR) is 139 cm³/mol. The standard InChI is InChI=1S/C28H26N4O2S/c1-2-34-21-15-13-19(14-16-21)26-25-23(11-6-12-24(25)33)29-27-30-28(31-32(26)27)35-17-20-9-5-8-18-7-3-4-10-22(18)20/h3-5,7-10,13-16,26H,2,6,11-12,17H2,1H3,(H,29,30,31). The second-order valence-corrected chi connectivity index (χ2v) is 9.73. The summed E-state index contributed by atoms with van der Waals surface area (Å²) < 4.78 is 7.50. The largest absolute Gasteiger partial charge is 0.494 e. The van der Waals surface area contributed by atoms with Gasteiger partial charge in [0, 0.05) is 23.4 Å². The van der Waals surface area contributed by atoms with E-state index >= 15 is 0 Å². The van der Waals surface area contributed by atoms with Crippen molar-refractivity contribution in [1.82, 2.24) is 14.8 Å². The SMILES string of the molecule is CCOc1ccc(C2C3=C(CCCC3=O)Nc3nc(SCc4cccc5ccccc45)nn32)cc1. The summed E-state index contributed by atoms with van der Waals surface area (Å²) >= 11 is 1.62. The number of ether oxygens (including phenoxy) is 1. The number of nitrogens with zero attached hydrogens (tertiary/aromatic N) is 3. The first-order valence-corrected chi connectivity index (χ1v) is 13.0. The maximum atomic E-state index is 13.0. The molecular formula is C28H26N4O2S. The molecule has 0 spiro atoms. The molecule has 0 amide bonds. The Hall–Kier alpha value is -3.58. The average molecular weight is 483 g/mol. The maximum Gasteiger partial charge on any atom is 0.227 e. The van der Waals surface area contributed by atoms with Crippen molar-refractivity contribution < 1.29 is 9.53 Å². The lowest BCUT2D eigenvalue weighted by atomic mass is 9.85. The number of fused-ring (bicyclic) bond motifs is 2. The number of nitrogens with one attached hydrogen (secondary N) is 1. The van der Waals surface area contributed by atoms with Gasteiger partial charge in [-0.3, -0.25) is 4.79 Å². The summed E-state index contributed by atoms with van der Waals surface area (Å²) in [4.78, 5) is 17.9. The highest BCUT2D eigenvalue weighted by Crippen LogP contribution is 2.41. The number of benzene rings is 3.